The molecule has 220 valence electrons. The van der Waals surface area contributed by atoms with Gasteiger partial charge in [-0.25, -0.2) is 0 Å². The number of ether oxygens (including phenoxy) is 4. The van der Waals surface area contributed by atoms with Crippen LogP contribution in [0.15, 0.2) is 0 Å². The first-order valence-electron chi connectivity index (χ1n) is 13.4. The van der Waals surface area contributed by atoms with Crippen molar-refractivity contribution in [2.75, 3.05) is 53.9 Å². The summed E-state index contributed by atoms with van der Waals surface area (Å²) in [5.74, 6) is 0. The van der Waals surface area contributed by atoms with Gasteiger partial charge in [-0.1, -0.05) is 0 Å². The largest absolute Gasteiger partial charge is 0.659 e. The lowest BCUT2D eigenvalue weighted by molar-refractivity contribution is 0.0661. The third kappa shape index (κ3) is 14.8. The van der Waals surface area contributed by atoms with E-state index in [2.05, 4.69) is 39.3 Å². The van der Waals surface area contributed by atoms with E-state index in [1.165, 1.54) is 0 Å². The fourth-order valence-electron chi connectivity index (χ4n) is 4.13. The van der Waals surface area contributed by atoms with E-state index in [9.17, 15) is 0 Å². The molecule has 0 bridgehead atoms. The van der Waals surface area contributed by atoms with Crippen molar-refractivity contribution in [3.05, 3.63) is 0 Å². The molecule has 15 heteroatoms. The molecule has 0 amide bonds. The Morgan fingerprint density at radius 2 is 1.14 bits per heavy atom. The van der Waals surface area contributed by atoms with Gasteiger partial charge in [0.05, 0.1) is 26.4 Å². The van der Waals surface area contributed by atoms with Gasteiger partial charge in [0.25, 0.3) is 0 Å². The van der Waals surface area contributed by atoms with Crippen LogP contribution in [0.2, 0.25) is 64.5 Å². The summed E-state index contributed by atoms with van der Waals surface area (Å²) in [6.45, 7) is 21.4. The zero-order chi connectivity index (χ0) is 27.8. The van der Waals surface area contributed by atoms with Gasteiger partial charge in [-0.3, -0.25) is 0 Å². The fraction of sp³-hybridized carbons (Fsp3) is 1.00. The third-order valence-corrected chi connectivity index (χ3v) is 23.5. The molecular weight excluding hydrogens is 565 g/mol. The Bertz CT molecular complexity index is 669. The predicted octanol–water partition coefficient (Wildman–Crippen LogP) is 4.21. The summed E-state index contributed by atoms with van der Waals surface area (Å²) in [6, 6.07) is 1.73. The Morgan fingerprint density at radius 1 is 0.649 bits per heavy atom. The van der Waals surface area contributed by atoms with E-state index in [0.29, 0.717) is 26.4 Å². The fourth-order valence-corrected chi connectivity index (χ4v) is 24.7. The predicted molar refractivity (Wildman–Crippen MR) is 154 cm³/mol. The van der Waals surface area contributed by atoms with E-state index in [4.69, 9.17) is 44.3 Å². The highest BCUT2D eigenvalue weighted by molar-refractivity contribution is 6.89. The van der Waals surface area contributed by atoms with Gasteiger partial charge in [0.15, 0.2) is 16.6 Å². The third-order valence-electron chi connectivity index (χ3n) is 5.66. The van der Waals surface area contributed by atoms with Gasteiger partial charge in [0.2, 0.25) is 0 Å². The first-order valence-corrected chi connectivity index (χ1v) is 26.9. The minimum Gasteiger partial charge on any atom is -0.437 e. The highest BCUT2D eigenvalue weighted by Crippen LogP contribution is 2.30. The highest BCUT2D eigenvalue weighted by Gasteiger charge is 2.55. The zero-order valence-electron chi connectivity index (χ0n) is 24.8. The van der Waals surface area contributed by atoms with Crippen molar-refractivity contribution in [1.29, 1.82) is 0 Å². The van der Waals surface area contributed by atoms with Crippen molar-refractivity contribution in [1.82, 2.24) is 0 Å². The minimum atomic E-state index is -3.42. The molecule has 0 radical (unpaired) electrons. The number of hydrogen-bond acceptors (Lipinski definition) is 10. The lowest BCUT2D eigenvalue weighted by atomic mass is 10.5. The Morgan fingerprint density at radius 3 is 1.57 bits per heavy atom. The van der Waals surface area contributed by atoms with Crippen LogP contribution in [0.25, 0.3) is 0 Å². The molecule has 0 aromatic rings. The van der Waals surface area contributed by atoms with E-state index in [1.54, 1.807) is 14.2 Å². The lowest BCUT2D eigenvalue weighted by Crippen LogP contribution is -2.63. The SMILES string of the molecule is CO[Si](OC)(O[Si](C)(C)CCCOCC1CO1)O[Si](C)(C)O[Si](C)(CCCOCC1CO1)O[Si](C)(C)C. The van der Waals surface area contributed by atoms with Gasteiger partial charge >= 0.3 is 26.2 Å². The summed E-state index contributed by atoms with van der Waals surface area (Å²) in [6.07, 6.45) is 2.34. The quantitative estimate of drug-likeness (QED) is 0.0999. The Kier molecular flexibility index (Phi) is 13.3. The molecule has 2 aliphatic heterocycles. The van der Waals surface area contributed by atoms with Gasteiger partial charge in [-0.2, -0.15) is 0 Å². The summed E-state index contributed by atoms with van der Waals surface area (Å²) < 4.78 is 60.3. The summed E-state index contributed by atoms with van der Waals surface area (Å²) in [4.78, 5) is 0. The van der Waals surface area contributed by atoms with Crippen LogP contribution in [0.3, 0.4) is 0 Å². The van der Waals surface area contributed by atoms with Gasteiger partial charge in [-0.05, 0) is 77.3 Å². The first-order chi connectivity index (χ1) is 17.1. The van der Waals surface area contributed by atoms with Crippen LogP contribution in [0.4, 0.5) is 0 Å². The van der Waals surface area contributed by atoms with Crippen molar-refractivity contribution >= 4 is 42.8 Å². The van der Waals surface area contributed by atoms with Crippen LogP contribution in [0.1, 0.15) is 12.8 Å². The summed E-state index contributed by atoms with van der Waals surface area (Å²) >= 11 is 0. The van der Waals surface area contributed by atoms with Crippen LogP contribution < -0.4 is 0 Å². The van der Waals surface area contributed by atoms with Gasteiger partial charge in [-0.15, -0.1) is 0 Å². The Hall–Kier alpha value is 0.684. The topological polar surface area (TPSA) is 98.9 Å². The molecule has 2 rings (SSSR count). The zero-order valence-corrected chi connectivity index (χ0v) is 29.8. The normalized spacial score (nSPS) is 22.2. The maximum Gasteiger partial charge on any atom is 0.659 e. The molecule has 0 saturated carbocycles. The molecule has 2 aliphatic rings. The molecule has 0 aromatic carbocycles. The molecule has 10 nitrogen and oxygen atoms in total. The van der Waals surface area contributed by atoms with Crippen molar-refractivity contribution in [2.45, 2.75) is 89.5 Å². The molecule has 3 unspecified atom stereocenters. The van der Waals surface area contributed by atoms with E-state index in [-0.39, 0.29) is 12.2 Å². The van der Waals surface area contributed by atoms with Crippen LogP contribution in [-0.4, -0.2) is 109 Å². The molecule has 0 spiro atoms. The molecule has 2 saturated heterocycles. The maximum absolute atomic E-state index is 6.82. The van der Waals surface area contributed by atoms with Crippen LogP contribution >= 0.6 is 0 Å². The van der Waals surface area contributed by atoms with E-state index in [0.717, 1.165) is 38.1 Å². The molecule has 0 aliphatic carbocycles. The highest BCUT2D eigenvalue weighted by atomic mass is 28.5. The smallest absolute Gasteiger partial charge is 0.437 e. The lowest BCUT2D eigenvalue weighted by Gasteiger charge is -2.42. The van der Waals surface area contributed by atoms with Crippen LogP contribution in [0, 0.1) is 0 Å². The summed E-state index contributed by atoms with van der Waals surface area (Å²) in [5.41, 5.74) is 0. The first kappa shape index (κ1) is 33.9. The second kappa shape index (κ2) is 14.5. The molecule has 2 fully saturated rings. The molecule has 0 aromatic heterocycles. The van der Waals surface area contributed by atoms with Crippen molar-refractivity contribution in [2.24, 2.45) is 0 Å². The summed E-state index contributed by atoms with van der Waals surface area (Å²) in [7, 11) is -9.61. The second-order valence-corrected chi connectivity index (χ2v) is 30.9. The summed E-state index contributed by atoms with van der Waals surface area (Å²) in [5, 5.41) is 0. The van der Waals surface area contributed by atoms with E-state index < -0.39 is 42.8 Å². The average molecular weight is 617 g/mol. The van der Waals surface area contributed by atoms with Crippen molar-refractivity contribution < 1.29 is 44.3 Å². The van der Waals surface area contributed by atoms with E-state index >= 15 is 0 Å². The van der Waals surface area contributed by atoms with Gasteiger partial charge in [0, 0.05) is 27.4 Å². The minimum absolute atomic E-state index is 0.275. The average Bonchev–Trinajstić information content (AvgIpc) is 3.65. The molecule has 37 heavy (non-hydrogen) atoms. The number of hydrogen-bond donors (Lipinski definition) is 0. The standard InChI is InChI=1S/C22H52O10Si5/c1-23-37(24-2,30-34(6,7)15-11-13-25-17-21-19-27-21)32-35(8,9)31-36(10,29-33(3,4)5)16-12-14-26-18-22-20-28-22/h21-22H,11-20H2,1-10H3. The van der Waals surface area contributed by atoms with Crippen LogP contribution in [-0.2, 0) is 44.3 Å². The molecule has 0 N–H and O–H groups in total. The van der Waals surface area contributed by atoms with Crippen molar-refractivity contribution in [3.63, 3.8) is 0 Å². The molecule has 2 heterocycles. The number of epoxide rings is 2. The Balaban J connectivity index is 1.95. The molecular formula is C22H52O10Si5. The van der Waals surface area contributed by atoms with Crippen molar-refractivity contribution in [3.8, 4) is 0 Å². The number of rotatable bonds is 22. The van der Waals surface area contributed by atoms with Gasteiger partial charge < -0.3 is 44.3 Å². The van der Waals surface area contributed by atoms with Crippen LogP contribution in [0.5, 0.6) is 0 Å². The maximum atomic E-state index is 6.82. The Labute approximate surface area is 230 Å². The second-order valence-electron chi connectivity index (χ2n) is 12.0. The monoisotopic (exact) mass is 616 g/mol. The van der Waals surface area contributed by atoms with E-state index in [1.807, 2.05) is 13.1 Å². The van der Waals surface area contributed by atoms with Gasteiger partial charge in [0.1, 0.15) is 12.2 Å². The molecule has 3 atom stereocenters.